The van der Waals surface area contributed by atoms with Gasteiger partial charge in [0.1, 0.15) is 5.82 Å². The molecule has 0 bridgehead atoms. The maximum atomic E-state index is 13.4. The van der Waals surface area contributed by atoms with E-state index in [0.29, 0.717) is 17.9 Å². The second kappa shape index (κ2) is 5.05. The second-order valence-corrected chi connectivity index (χ2v) is 5.02. The highest BCUT2D eigenvalue weighted by Crippen LogP contribution is 2.27. The first-order valence-corrected chi connectivity index (χ1v) is 6.13. The van der Waals surface area contributed by atoms with Crippen LogP contribution in [0.5, 0.6) is 0 Å². The zero-order valence-electron chi connectivity index (χ0n) is 9.75. The van der Waals surface area contributed by atoms with Crippen LogP contribution in [0.2, 0.25) is 0 Å². The Kier molecular flexibility index (Phi) is 3.67. The summed E-state index contributed by atoms with van der Waals surface area (Å²) in [5, 5.41) is -0.285. The van der Waals surface area contributed by atoms with Crippen LogP contribution >= 0.6 is 11.6 Å². The summed E-state index contributed by atoms with van der Waals surface area (Å²) in [6.07, 6.45) is 1.35. The topological polar surface area (TPSA) is 20.3 Å². The van der Waals surface area contributed by atoms with E-state index in [1.807, 2.05) is 6.07 Å². The van der Waals surface area contributed by atoms with Gasteiger partial charge < -0.3 is 4.90 Å². The van der Waals surface area contributed by atoms with Gasteiger partial charge in [0.05, 0.1) is 0 Å². The molecule has 0 radical (unpaired) electrons. The van der Waals surface area contributed by atoms with Gasteiger partial charge in [0.15, 0.2) is 0 Å². The quantitative estimate of drug-likeness (QED) is 0.774. The van der Waals surface area contributed by atoms with Crippen molar-refractivity contribution >= 4 is 22.5 Å². The van der Waals surface area contributed by atoms with E-state index in [-0.39, 0.29) is 11.1 Å². The molecular formula is C13H15ClFNO. The minimum atomic E-state index is -0.285. The van der Waals surface area contributed by atoms with Gasteiger partial charge in [-0.2, -0.15) is 0 Å². The van der Waals surface area contributed by atoms with Crippen LogP contribution in [0.25, 0.3) is 0 Å². The van der Waals surface area contributed by atoms with Crippen LogP contribution in [0.15, 0.2) is 18.2 Å². The Morgan fingerprint density at radius 1 is 1.59 bits per heavy atom. The van der Waals surface area contributed by atoms with Gasteiger partial charge in [0, 0.05) is 25.2 Å². The number of hydrogen-bond acceptors (Lipinski definition) is 2. The number of carbonyl (C=O) groups excluding carboxylic acids is 1. The first-order chi connectivity index (χ1) is 8.06. The molecule has 1 unspecified atom stereocenters. The molecule has 0 N–H and O–H groups in total. The van der Waals surface area contributed by atoms with E-state index in [1.165, 1.54) is 0 Å². The van der Waals surface area contributed by atoms with E-state index >= 15 is 0 Å². The minimum absolute atomic E-state index is 0.181. The maximum absolute atomic E-state index is 13.4. The summed E-state index contributed by atoms with van der Waals surface area (Å²) in [7, 11) is 0. The third kappa shape index (κ3) is 2.97. The van der Waals surface area contributed by atoms with Gasteiger partial charge in [0.25, 0.3) is 0 Å². The number of nitrogens with zero attached hydrogens (tertiary/aromatic N) is 1. The Morgan fingerprint density at radius 2 is 2.35 bits per heavy atom. The molecule has 0 spiro atoms. The molecule has 1 aliphatic heterocycles. The van der Waals surface area contributed by atoms with Crippen LogP contribution in [0.4, 0.5) is 10.1 Å². The van der Waals surface area contributed by atoms with Crippen molar-refractivity contribution in [3.05, 3.63) is 29.6 Å². The highest BCUT2D eigenvalue weighted by atomic mass is 35.5. The number of carbonyl (C=O) groups is 1. The Hall–Kier alpha value is -1.09. The maximum Gasteiger partial charge on any atom is 0.221 e. The lowest BCUT2D eigenvalue weighted by Crippen LogP contribution is -2.20. The van der Waals surface area contributed by atoms with E-state index in [9.17, 15) is 9.18 Å². The summed E-state index contributed by atoms with van der Waals surface area (Å²) >= 11 is 5.38. The molecule has 17 heavy (non-hydrogen) atoms. The van der Waals surface area contributed by atoms with Crippen LogP contribution in [-0.2, 0) is 4.79 Å². The monoisotopic (exact) mass is 255 g/mol. The van der Waals surface area contributed by atoms with Gasteiger partial charge in [-0.25, -0.2) is 4.39 Å². The predicted molar refractivity (Wildman–Crippen MR) is 66.9 cm³/mol. The van der Waals surface area contributed by atoms with Gasteiger partial charge >= 0.3 is 0 Å². The molecule has 0 aromatic heterocycles. The molecule has 1 saturated heterocycles. The highest BCUT2D eigenvalue weighted by Gasteiger charge is 2.24. The smallest absolute Gasteiger partial charge is 0.221 e. The molecule has 1 fully saturated rings. The minimum Gasteiger partial charge on any atom is -0.371 e. The zero-order chi connectivity index (χ0) is 12.4. The van der Waals surface area contributed by atoms with E-state index in [2.05, 4.69) is 4.90 Å². The zero-order valence-corrected chi connectivity index (χ0v) is 10.5. The molecule has 0 saturated carbocycles. The molecule has 0 aliphatic carbocycles. The van der Waals surface area contributed by atoms with Crippen LogP contribution in [0.3, 0.4) is 0 Å². The average molecular weight is 256 g/mol. The summed E-state index contributed by atoms with van der Waals surface area (Å²) in [4.78, 5) is 12.9. The lowest BCUT2D eigenvalue weighted by molar-refractivity contribution is -0.112. The van der Waals surface area contributed by atoms with E-state index in [0.717, 1.165) is 25.2 Å². The van der Waals surface area contributed by atoms with Gasteiger partial charge in [-0.15, -0.1) is 0 Å². The molecule has 4 heteroatoms. The fraction of sp³-hybridized carbons (Fsp3) is 0.462. The number of aryl methyl sites for hydroxylation is 1. The van der Waals surface area contributed by atoms with E-state index in [1.54, 1.807) is 19.1 Å². The molecule has 1 heterocycles. The van der Waals surface area contributed by atoms with Crippen LogP contribution in [0, 0.1) is 18.7 Å². The second-order valence-electron chi connectivity index (χ2n) is 4.59. The molecule has 0 amide bonds. The fourth-order valence-corrected chi connectivity index (χ4v) is 2.46. The van der Waals surface area contributed by atoms with Crippen molar-refractivity contribution in [2.45, 2.75) is 19.8 Å². The number of benzene rings is 1. The highest BCUT2D eigenvalue weighted by molar-refractivity contribution is 6.63. The predicted octanol–water partition coefficient (Wildman–Crippen LogP) is 3.12. The van der Waals surface area contributed by atoms with Crippen molar-refractivity contribution in [2.24, 2.45) is 5.92 Å². The van der Waals surface area contributed by atoms with Gasteiger partial charge in [-0.05, 0) is 48.6 Å². The molecule has 2 nitrogen and oxygen atoms in total. The lowest BCUT2D eigenvalue weighted by atomic mass is 10.1. The van der Waals surface area contributed by atoms with Crippen molar-refractivity contribution in [3.8, 4) is 0 Å². The molecule has 1 aromatic carbocycles. The number of halogens is 2. The molecular weight excluding hydrogens is 241 g/mol. The summed E-state index contributed by atoms with van der Waals surface area (Å²) < 4.78 is 13.4. The molecule has 1 aromatic rings. The summed E-state index contributed by atoms with van der Waals surface area (Å²) in [6.45, 7) is 3.39. The van der Waals surface area contributed by atoms with Crippen molar-refractivity contribution in [1.29, 1.82) is 0 Å². The number of anilines is 1. The van der Waals surface area contributed by atoms with E-state index < -0.39 is 0 Å². The third-order valence-corrected chi connectivity index (χ3v) is 3.41. The van der Waals surface area contributed by atoms with Crippen LogP contribution in [0.1, 0.15) is 18.4 Å². The molecule has 92 valence electrons. The molecule has 2 rings (SSSR count). The van der Waals surface area contributed by atoms with Crippen molar-refractivity contribution in [2.75, 3.05) is 18.0 Å². The Balaban J connectivity index is 2.04. The SMILES string of the molecule is Cc1ccc(N2CCC(CC(=O)Cl)C2)cc1F. The standard InChI is InChI=1S/C13H15ClFNO/c1-9-2-3-11(7-12(9)15)16-5-4-10(8-16)6-13(14)17/h2-3,7,10H,4-6,8H2,1H3. The molecule has 1 atom stereocenters. The Labute approximate surface area is 105 Å². The largest absolute Gasteiger partial charge is 0.371 e. The summed E-state index contributed by atoms with van der Waals surface area (Å²) in [6, 6.07) is 5.26. The van der Waals surface area contributed by atoms with Crippen molar-refractivity contribution in [3.63, 3.8) is 0 Å². The Morgan fingerprint density at radius 3 is 3.00 bits per heavy atom. The summed E-state index contributed by atoms with van der Waals surface area (Å²) in [5.41, 5.74) is 1.54. The normalized spacial score (nSPS) is 19.7. The van der Waals surface area contributed by atoms with E-state index in [4.69, 9.17) is 11.6 Å². The average Bonchev–Trinajstić information content (AvgIpc) is 2.69. The van der Waals surface area contributed by atoms with Crippen molar-refractivity contribution in [1.82, 2.24) is 0 Å². The molecule has 1 aliphatic rings. The first kappa shape index (κ1) is 12.4. The summed E-state index contributed by atoms with van der Waals surface area (Å²) in [5.74, 6) is 0.115. The number of hydrogen-bond donors (Lipinski definition) is 0. The first-order valence-electron chi connectivity index (χ1n) is 5.75. The van der Waals surface area contributed by atoms with Gasteiger partial charge in [0.2, 0.25) is 5.24 Å². The number of rotatable bonds is 3. The van der Waals surface area contributed by atoms with Crippen LogP contribution in [-0.4, -0.2) is 18.3 Å². The Bertz CT molecular complexity index is 435. The third-order valence-electron chi connectivity index (χ3n) is 3.26. The lowest BCUT2D eigenvalue weighted by Gasteiger charge is -2.18. The van der Waals surface area contributed by atoms with Crippen molar-refractivity contribution < 1.29 is 9.18 Å². The van der Waals surface area contributed by atoms with Gasteiger partial charge in [-0.1, -0.05) is 6.07 Å². The van der Waals surface area contributed by atoms with Gasteiger partial charge in [-0.3, -0.25) is 4.79 Å². The van der Waals surface area contributed by atoms with Crippen LogP contribution < -0.4 is 4.90 Å². The fourth-order valence-electron chi connectivity index (χ4n) is 2.24.